The Bertz CT molecular complexity index is 443. The first-order valence-electron chi connectivity index (χ1n) is 7.95. The highest BCUT2D eigenvalue weighted by Crippen LogP contribution is 2.30. The molecule has 20 heavy (non-hydrogen) atoms. The summed E-state index contributed by atoms with van der Waals surface area (Å²) in [7, 11) is 0. The molecular formula is C15H27N5. The van der Waals surface area contributed by atoms with Gasteiger partial charge in [-0.25, -0.2) is 0 Å². The van der Waals surface area contributed by atoms with Crippen LogP contribution in [-0.2, 0) is 6.54 Å². The average Bonchev–Trinajstić information content (AvgIpc) is 3.08. The molecule has 2 fully saturated rings. The molecular weight excluding hydrogens is 250 g/mol. The maximum Gasteiger partial charge on any atom is 0.0538 e. The van der Waals surface area contributed by atoms with Crippen LogP contribution in [0.25, 0.3) is 0 Å². The van der Waals surface area contributed by atoms with Crippen LogP contribution in [0.15, 0.2) is 12.4 Å². The summed E-state index contributed by atoms with van der Waals surface area (Å²) in [5.74, 6) is 0. The Kier molecular flexibility index (Phi) is 4.10. The predicted octanol–water partition coefficient (Wildman–Crippen LogP) is 1.07. The first-order chi connectivity index (χ1) is 9.72. The molecule has 2 N–H and O–H groups in total. The van der Waals surface area contributed by atoms with Crippen LogP contribution in [0, 0.1) is 0 Å². The van der Waals surface area contributed by atoms with E-state index in [1.807, 2.05) is 10.9 Å². The number of nitrogens with zero attached hydrogens (tertiary/aromatic N) is 4. The van der Waals surface area contributed by atoms with Crippen molar-refractivity contribution >= 4 is 0 Å². The molecule has 5 heteroatoms. The van der Waals surface area contributed by atoms with Gasteiger partial charge in [-0.15, -0.1) is 0 Å². The summed E-state index contributed by atoms with van der Waals surface area (Å²) >= 11 is 0. The molecule has 0 aromatic carbocycles. The van der Waals surface area contributed by atoms with Gasteiger partial charge in [-0.1, -0.05) is 0 Å². The van der Waals surface area contributed by atoms with Crippen molar-refractivity contribution in [1.29, 1.82) is 0 Å². The second-order valence-corrected chi connectivity index (χ2v) is 6.22. The van der Waals surface area contributed by atoms with Gasteiger partial charge in [0.2, 0.25) is 0 Å². The van der Waals surface area contributed by atoms with E-state index in [0.29, 0.717) is 18.6 Å². The highest BCUT2D eigenvalue weighted by molar-refractivity contribution is 5.13. The monoisotopic (exact) mass is 277 g/mol. The van der Waals surface area contributed by atoms with Crippen molar-refractivity contribution in [3.63, 3.8) is 0 Å². The Morgan fingerprint density at radius 1 is 1.45 bits per heavy atom. The molecule has 0 bridgehead atoms. The largest absolute Gasteiger partial charge is 0.329 e. The minimum atomic E-state index is 0.313. The third kappa shape index (κ3) is 2.50. The van der Waals surface area contributed by atoms with Crippen LogP contribution in [-0.4, -0.2) is 57.8 Å². The zero-order valence-electron chi connectivity index (χ0n) is 12.7. The van der Waals surface area contributed by atoms with E-state index < -0.39 is 0 Å². The van der Waals surface area contributed by atoms with E-state index in [2.05, 4.69) is 34.9 Å². The number of hydrogen-bond acceptors (Lipinski definition) is 4. The number of fused-ring (bicyclic) bond motifs is 1. The van der Waals surface area contributed by atoms with Crippen LogP contribution in [0.4, 0.5) is 0 Å². The molecule has 3 atom stereocenters. The Hall–Kier alpha value is -0.910. The lowest BCUT2D eigenvalue weighted by Gasteiger charge is -2.45. The number of hydrogen-bond donors (Lipinski definition) is 1. The Morgan fingerprint density at radius 3 is 3.00 bits per heavy atom. The van der Waals surface area contributed by atoms with Gasteiger partial charge in [-0.2, -0.15) is 5.10 Å². The topological polar surface area (TPSA) is 50.3 Å². The first kappa shape index (κ1) is 14.0. The lowest BCUT2D eigenvalue weighted by Crippen LogP contribution is -2.56. The summed E-state index contributed by atoms with van der Waals surface area (Å²) in [6.07, 6.45) is 6.85. The van der Waals surface area contributed by atoms with Crippen LogP contribution in [0.2, 0.25) is 0 Å². The van der Waals surface area contributed by atoms with E-state index in [9.17, 15) is 0 Å². The summed E-state index contributed by atoms with van der Waals surface area (Å²) in [5.41, 5.74) is 7.36. The van der Waals surface area contributed by atoms with Crippen molar-refractivity contribution in [2.24, 2.45) is 5.73 Å². The zero-order valence-corrected chi connectivity index (χ0v) is 12.7. The van der Waals surface area contributed by atoms with Gasteiger partial charge in [0.25, 0.3) is 0 Å². The molecule has 5 nitrogen and oxygen atoms in total. The smallest absolute Gasteiger partial charge is 0.0538 e. The van der Waals surface area contributed by atoms with Crippen LogP contribution >= 0.6 is 0 Å². The molecule has 0 saturated carbocycles. The molecule has 3 rings (SSSR count). The summed E-state index contributed by atoms with van der Waals surface area (Å²) in [6.45, 7) is 9.67. The van der Waals surface area contributed by atoms with Gasteiger partial charge in [0, 0.05) is 50.0 Å². The number of aryl methyl sites for hydroxylation is 1. The van der Waals surface area contributed by atoms with Crippen molar-refractivity contribution in [3.8, 4) is 0 Å². The molecule has 112 valence electrons. The molecule has 1 aromatic rings. The van der Waals surface area contributed by atoms with Crippen molar-refractivity contribution in [2.45, 2.75) is 51.4 Å². The van der Waals surface area contributed by atoms with E-state index in [0.717, 1.165) is 19.1 Å². The maximum absolute atomic E-state index is 6.09. The molecule has 0 radical (unpaired) electrons. The van der Waals surface area contributed by atoms with Crippen molar-refractivity contribution in [3.05, 3.63) is 18.0 Å². The first-order valence-corrected chi connectivity index (χ1v) is 7.95. The number of aromatic nitrogens is 2. The second-order valence-electron chi connectivity index (χ2n) is 6.22. The van der Waals surface area contributed by atoms with Gasteiger partial charge in [0.15, 0.2) is 0 Å². The van der Waals surface area contributed by atoms with Gasteiger partial charge >= 0.3 is 0 Å². The van der Waals surface area contributed by atoms with Gasteiger partial charge in [-0.05, 0) is 33.2 Å². The molecule has 0 spiro atoms. The predicted molar refractivity (Wildman–Crippen MR) is 80.5 cm³/mol. The Morgan fingerprint density at radius 2 is 2.30 bits per heavy atom. The van der Waals surface area contributed by atoms with Crippen LogP contribution in [0.3, 0.4) is 0 Å². The molecule has 3 unspecified atom stereocenters. The average molecular weight is 277 g/mol. The third-order valence-corrected chi connectivity index (χ3v) is 4.97. The summed E-state index contributed by atoms with van der Waals surface area (Å²) in [4.78, 5) is 5.26. The number of piperazine rings is 1. The third-order valence-electron chi connectivity index (χ3n) is 4.97. The molecule has 2 aliphatic heterocycles. The zero-order chi connectivity index (χ0) is 14.1. The van der Waals surface area contributed by atoms with E-state index in [1.165, 1.54) is 31.5 Å². The molecule has 2 saturated heterocycles. The van der Waals surface area contributed by atoms with E-state index >= 15 is 0 Å². The van der Waals surface area contributed by atoms with Crippen molar-refractivity contribution < 1.29 is 0 Å². The SMILES string of the molecule is CCn1cc(C(CN)N2CC3CCCN3CC2C)cn1. The normalized spacial score (nSPS) is 29.6. The Labute approximate surface area is 121 Å². The van der Waals surface area contributed by atoms with Crippen LogP contribution in [0.5, 0.6) is 0 Å². The second kappa shape index (κ2) is 5.84. The molecule has 0 amide bonds. The standard InChI is InChI=1S/C15H27N5/c1-3-19-10-13(8-17-19)15(7-16)20-11-14-5-4-6-18(14)9-12(20)2/h8,10,12,14-15H,3-7,9,11,16H2,1-2H3. The fourth-order valence-corrected chi connectivity index (χ4v) is 3.83. The van der Waals surface area contributed by atoms with Crippen molar-refractivity contribution in [1.82, 2.24) is 19.6 Å². The fourth-order valence-electron chi connectivity index (χ4n) is 3.83. The summed E-state index contributed by atoms with van der Waals surface area (Å²) in [5, 5.41) is 4.41. The number of rotatable bonds is 4. The Balaban J connectivity index is 1.77. The molecule has 2 aliphatic rings. The van der Waals surface area contributed by atoms with Gasteiger partial charge in [0.1, 0.15) is 0 Å². The minimum absolute atomic E-state index is 0.313. The molecule has 3 heterocycles. The summed E-state index contributed by atoms with van der Waals surface area (Å²) in [6, 6.07) is 1.62. The molecule has 0 aliphatic carbocycles. The van der Waals surface area contributed by atoms with Gasteiger partial charge in [0.05, 0.1) is 12.2 Å². The fraction of sp³-hybridized carbons (Fsp3) is 0.800. The van der Waals surface area contributed by atoms with Crippen LogP contribution < -0.4 is 5.73 Å². The maximum atomic E-state index is 6.09. The van der Waals surface area contributed by atoms with Gasteiger partial charge < -0.3 is 5.73 Å². The van der Waals surface area contributed by atoms with E-state index in [-0.39, 0.29) is 0 Å². The summed E-state index contributed by atoms with van der Waals surface area (Å²) < 4.78 is 1.99. The lowest BCUT2D eigenvalue weighted by molar-refractivity contribution is 0.0296. The van der Waals surface area contributed by atoms with E-state index in [1.54, 1.807) is 0 Å². The molecule has 1 aromatic heterocycles. The van der Waals surface area contributed by atoms with E-state index in [4.69, 9.17) is 5.73 Å². The van der Waals surface area contributed by atoms with Gasteiger partial charge in [-0.3, -0.25) is 14.5 Å². The van der Waals surface area contributed by atoms with Crippen LogP contribution in [0.1, 0.15) is 38.3 Å². The minimum Gasteiger partial charge on any atom is -0.329 e. The highest BCUT2D eigenvalue weighted by atomic mass is 15.3. The lowest BCUT2D eigenvalue weighted by atomic mass is 10.0. The highest BCUT2D eigenvalue weighted by Gasteiger charge is 2.37. The quantitative estimate of drug-likeness (QED) is 0.894. The van der Waals surface area contributed by atoms with Crippen molar-refractivity contribution in [2.75, 3.05) is 26.2 Å². The number of nitrogens with two attached hydrogens (primary N) is 1.